The van der Waals surface area contributed by atoms with Gasteiger partial charge >= 0.3 is 0 Å². The third-order valence-electron chi connectivity index (χ3n) is 5.15. The first-order valence-corrected chi connectivity index (χ1v) is 12.5. The van der Waals surface area contributed by atoms with Crippen LogP contribution in [0.15, 0.2) is 30.3 Å². The Morgan fingerprint density at radius 3 is 2.38 bits per heavy atom. The van der Waals surface area contributed by atoms with E-state index in [9.17, 15) is 28.5 Å². The van der Waals surface area contributed by atoms with Gasteiger partial charge in [0.1, 0.15) is 5.82 Å². The number of nitrogens with zero attached hydrogens (tertiary/aromatic N) is 3. The minimum absolute atomic E-state index is 0.0301. The molecule has 34 heavy (non-hydrogen) atoms. The summed E-state index contributed by atoms with van der Waals surface area (Å²) in [6, 6.07) is 5.66. The van der Waals surface area contributed by atoms with Gasteiger partial charge in [0.2, 0.25) is 5.95 Å². The fourth-order valence-corrected chi connectivity index (χ4v) is 3.60. The maximum absolute atomic E-state index is 13.6. The molecule has 0 radical (unpaired) electrons. The lowest BCUT2D eigenvalue weighted by molar-refractivity contribution is -0.307. The number of halogens is 1. The van der Waals surface area contributed by atoms with E-state index in [1.54, 1.807) is 18.2 Å². The van der Waals surface area contributed by atoms with Crippen molar-refractivity contribution in [2.45, 2.75) is 44.8 Å². The van der Waals surface area contributed by atoms with Crippen LogP contribution in [0.4, 0.5) is 10.3 Å². The van der Waals surface area contributed by atoms with Gasteiger partial charge in [-0.15, -0.1) is 10.8 Å². The van der Waals surface area contributed by atoms with Gasteiger partial charge in [-0.05, 0) is 30.2 Å². The summed E-state index contributed by atoms with van der Waals surface area (Å²) in [6.07, 6.45) is 2.28. The summed E-state index contributed by atoms with van der Waals surface area (Å²) in [4.78, 5) is 19.9. The molecular weight excluding hydrogens is 465 g/mol. The highest BCUT2D eigenvalue weighted by Gasteiger charge is 2.23. The van der Waals surface area contributed by atoms with Gasteiger partial charge < -0.3 is 19.7 Å². The molecule has 9 nitrogen and oxygen atoms in total. The van der Waals surface area contributed by atoms with E-state index in [0.717, 1.165) is 0 Å². The van der Waals surface area contributed by atoms with E-state index in [2.05, 4.69) is 9.97 Å². The number of benzene rings is 1. The number of carboxylic acids is 1. The lowest BCUT2D eigenvalue weighted by atomic mass is 9.97. The van der Waals surface area contributed by atoms with Crippen LogP contribution in [0.1, 0.15) is 43.9 Å². The van der Waals surface area contributed by atoms with Crippen molar-refractivity contribution in [3.63, 3.8) is 0 Å². The van der Waals surface area contributed by atoms with E-state index in [0.29, 0.717) is 22.5 Å². The first-order chi connectivity index (χ1) is 15.8. The standard InChI is InChI=1S/C23H32FN3O6S/c1-14(2)21-19(11-10-17(28)12-18(33-4)13-20(29)30)22(15-6-8-16(24)9-7-15)26-23(25-21)27(3)34(5,31)32/h6-11,14,17-18,28,31-32H,12-13H2,1-5H3,(H,29,30)/p-1/b11-10+. The third-order valence-corrected chi connectivity index (χ3v) is 6.35. The van der Waals surface area contributed by atoms with E-state index >= 15 is 0 Å². The van der Waals surface area contributed by atoms with Crippen LogP contribution in [0.25, 0.3) is 17.3 Å². The normalized spacial score (nSPS) is 14.4. The molecule has 0 saturated heterocycles. The van der Waals surface area contributed by atoms with E-state index in [-0.39, 0.29) is 24.7 Å². The van der Waals surface area contributed by atoms with Crippen molar-refractivity contribution < 1.29 is 33.2 Å². The van der Waals surface area contributed by atoms with Crippen molar-refractivity contribution in [3.8, 4) is 11.3 Å². The zero-order chi connectivity index (χ0) is 25.6. The number of methoxy groups -OCH3 is 1. The molecule has 0 aliphatic heterocycles. The first-order valence-electron chi connectivity index (χ1n) is 10.6. The molecule has 0 aliphatic carbocycles. The Labute approximate surface area is 200 Å². The molecule has 0 aliphatic rings. The Balaban J connectivity index is 2.59. The molecule has 0 bridgehead atoms. The number of anilines is 1. The molecule has 3 N–H and O–H groups in total. The van der Waals surface area contributed by atoms with Crippen LogP contribution >= 0.6 is 10.8 Å². The zero-order valence-corrected chi connectivity index (χ0v) is 20.6. The molecule has 188 valence electrons. The predicted molar refractivity (Wildman–Crippen MR) is 129 cm³/mol. The topological polar surface area (TPSA) is 139 Å². The maximum atomic E-state index is 13.6. The highest BCUT2D eigenvalue weighted by Crippen LogP contribution is 2.41. The summed E-state index contributed by atoms with van der Waals surface area (Å²) in [5.41, 5.74) is 2.10. The Morgan fingerprint density at radius 1 is 1.26 bits per heavy atom. The zero-order valence-electron chi connectivity index (χ0n) is 19.8. The van der Waals surface area contributed by atoms with E-state index < -0.39 is 34.8 Å². The Hall–Kier alpha value is -2.57. The van der Waals surface area contributed by atoms with Crippen LogP contribution in [0.3, 0.4) is 0 Å². The van der Waals surface area contributed by atoms with Crippen LogP contribution < -0.4 is 9.41 Å². The highest BCUT2D eigenvalue weighted by atomic mass is 32.3. The van der Waals surface area contributed by atoms with E-state index in [4.69, 9.17) is 4.74 Å². The second-order valence-electron chi connectivity index (χ2n) is 8.22. The molecule has 2 atom stereocenters. The van der Waals surface area contributed by atoms with Gasteiger partial charge in [-0.2, -0.15) is 0 Å². The number of ether oxygens (including phenoxy) is 1. The number of aromatic nitrogens is 2. The Morgan fingerprint density at radius 2 is 1.88 bits per heavy atom. The van der Waals surface area contributed by atoms with Crippen LogP contribution in [0.5, 0.6) is 0 Å². The lowest BCUT2D eigenvalue weighted by Crippen LogP contribution is -2.30. The van der Waals surface area contributed by atoms with Gasteiger partial charge in [0.15, 0.2) is 0 Å². The van der Waals surface area contributed by atoms with Crippen LogP contribution in [-0.4, -0.2) is 62.8 Å². The fraction of sp³-hybridized carbons (Fsp3) is 0.435. The van der Waals surface area contributed by atoms with Gasteiger partial charge in [-0.25, -0.2) is 18.7 Å². The summed E-state index contributed by atoms with van der Waals surface area (Å²) in [5, 5.41) is 21.3. The molecule has 2 rings (SSSR count). The number of aliphatic carboxylic acids is 1. The monoisotopic (exact) mass is 496 g/mol. The lowest BCUT2D eigenvalue weighted by Gasteiger charge is -2.37. The fourth-order valence-electron chi connectivity index (χ4n) is 3.21. The van der Waals surface area contributed by atoms with Crippen molar-refractivity contribution in [2.24, 2.45) is 0 Å². The molecule has 0 fully saturated rings. The van der Waals surface area contributed by atoms with Gasteiger partial charge in [0.05, 0.1) is 23.6 Å². The largest absolute Gasteiger partial charge is 0.550 e. The Kier molecular flexibility index (Phi) is 9.54. The molecule has 1 aromatic carbocycles. The Bertz CT molecular complexity index is 1010. The van der Waals surface area contributed by atoms with Crippen molar-refractivity contribution in [1.29, 1.82) is 0 Å². The average molecular weight is 497 g/mol. The van der Waals surface area contributed by atoms with Gasteiger partial charge in [-0.3, -0.25) is 9.11 Å². The smallest absolute Gasteiger partial charge is 0.244 e. The second-order valence-corrected chi connectivity index (χ2v) is 10.4. The van der Waals surface area contributed by atoms with Crippen molar-refractivity contribution >= 4 is 28.8 Å². The maximum Gasteiger partial charge on any atom is 0.244 e. The van der Waals surface area contributed by atoms with E-state index in [1.165, 1.54) is 42.9 Å². The molecule has 1 heterocycles. The van der Waals surface area contributed by atoms with Gasteiger partial charge in [0.25, 0.3) is 0 Å². The molecule has 0 amide bonds. The first kappa shape index (κ1) is 27.7. The summed E-state index contributed by atoms with van der Waals surface area (Å²) in [6.45, 7) is 3.80. The van der Waals surface area contributed by atoms with Crippen LogP contribution in [0, 0.1) is 5.82 Å². The molecule has 1 aromatic heterocycles. The molecule has 11 heteroatoms. The molecule has 2 unspecified atom stereocenters. The minimum Gasteiger partial charge on any atom is -0.550 e. The number of carbonyl (C=O) groups excluding carboxylic acids is 1. The second kappa shape index (κ2) is 11.7. The molecule has 2 aromatic rings. The minimum atomic E-state index is -3.15. The van der Waals surface area contributed by atoms with Crippen LogP contribution in [-0.2, 0) is 9.53 Å². The number of rotatable bonds is 11. The molecular formula is C23H31FN3O6S-. The van der Waals surface area contributed by atoms with Gasteiger partial charge in [0, 0.05) is 50.4 Å². The number of carbonyl (C=O) groups is 1. The SMILES string of the molecule is COC(CC(=O)[O-])CC(O)/C=C/c1c(-c2ccc(F)cc2)nc(N(C)S(C)(O)O)nc1C(C)C. The third kappa shape index (κ3) is 7.47. The summed E-state index contributed by atoms with van der Waals surface area (Å²) >= 11 is 0. The van der Waals surface area contributed by atoms with Crippen molar-refractivity contribution in [1.82, 2.24) is 9.97 Å². The number of aliphatic hydroxyl groups excluding tert-OH is 1. The number of aliphatic hydroxyl groups is 1. The van der Waals surface area contributed by atoms with Gasteiger partial charge in [-0.1, -0.05) is 26.0 Å². The number of hydrogen-bond acceptors (Lipinski definition) is 9. The quantitative estimate of drug-likeness (QED) is 0.428. The molecule has 0 saturated carbocycles. The molecule has 0 spiro atoms. The highest BCUT2D eigenvalue weighted by molar-refractivity contribution is 8.24. The summed E-state index contributed by atoms with van der Waals surface area (Å²) in [7, 11) is -0.327. The summed E-state index contributed by atoms with van der Waals surface area (Å²) < 4.78 is 40.1. The number of carboxylic acid groups (broad SMARTS) is 1. The van der Waals surface area contributed by atoms with E-state index in [1.807, 2.05) is 13.8 Å². The van der Waals surface area contributed by atoms with Crippen molar-refractivity contribution in [2.75, 3.05) is 24.7 Å². The van der Waals surface area contributed by atoms with Crippen LogP contribution in [0.2, 0.25) is 0 Å². The summed E-state index contributed by atoms with van der Waals surface area (Å²) in [5.74, 6) is -1.74. The van der Waals surface area contributed by atoms with Crippen molar-refractivity contribution in [3.05, 3.63) is 47.4 Å². The number of hydrogen-bond donors (Lipinski definition) is 3. The predicted octanol–water partition coefficient (Wildman–Crippen LogP) is 3.06. The average Bonchev–Trinajstić information content (AvgIpc) is 2.75.